The van der Waals surface area contributed by atoms with Crippen LogP contribution in [-0.4, -0.2) is 11.7 Å². The molecule has 0 saturated carbocycles. The van der Waals surface area contributed by atoms with Gasteiger partial charge in [0, 0.05) is 5.69 Å². The van der Waals surface area contributed by atoms with E-state index in [1.165, 1.54) is 0 Å². The van der Waals surface area contributed by atoms with E-state index in [0.717, 1.165) is 11.1 Å². The second-order valence-corrected chi connectivity index (χ2v) is 5.06. The molecule has 1 atom stereocenters. The smallest absolute Gasteiger partial charge is 0.293 e. The van der Waals surface area contributed by atoms with Crippen molar-refractivity contribution in [1.29, 1.82) is 5.26 Å². The molecule has 110 valence electrons. The van der Waals surface area contributed by atoms with Gasteiger partial charge in [-0.1, -0.05) is 48.5 Å². The molecule has 0 aliphatic heterocycles. The highest BCUT2D eigenvalue weighted by molar-refractivity contribution is 6.43. The summed E-state index contributed by atoms with van der Waals surface area (Å²) in [4.78, 5) is 24.4. The first kappa shape index (κ1) is 15.5. The molecule has 1 amide bonds. The van der Waals surface area contributed by atoms with Crippen LogP contribution in [0.15, 0.2) is 48.5 Å². The lowest BCUT2D eigenvalue weighted by Crippen LogP contribution is -2.28. The topological polar surface area (TPSA) is 70.0 Å². The zero-order chi connectivity index (χ0) is 16.1. The molecule has 0 spiro atoms. The van der Waals surface area contributed by atoms with Crippen LogP contribution in [0.3, 0.4) is 0 Å². The van der Waals surface area contributed by atoms with Crippen LogP contribution in [0.2, 0.25) is 0 Å². The first-order valence-electron chi connectivity index (χ1n) is 6.90. The summed E-state index contributed by atoms with van der Waals surface area (Å²) in [5, 5.41) is 11.8. The number of hydrogen-bond acceptors (Lipinski definition) is 3. The Morgan fingerprint density at radius 2 is 1.59 bits per heavy atom. The van der Waals surface area contributed by atoms with Gasteiger partial charge in [0.15, 0.2) is 0 Å². The summed E-state index contributed by atoms with van der Waals surface area (Å²) in [6.45, 7) is 3.71. The standard InChI is InChI=1S/C18H16N2O2/c1-12-7-6-8-13(2)16(12)20-18(22)17(21)15(11-19)14-9-4-3-5-10-14/h3-10,15H,1-2H3,(H,20,22)/t15-/m0/s1. The summed E-state index contributed by atoms with van der Waals surface area (Å²) >= 11 is 0. The van der Waals surface area contributed by atoms with Gasteiger partial charge >= 0.3 is 0 Å². The van der Waals surface area contributed by atoms with E-state index in [9.17, 15) is 14.9 Å². The number of Topliss-reactive ketones (excluding diaryl/α,β-unsaturated/α-hetero) is 1. The number of nitriles is 1. The van der Waals surface area contributed by atoms with Gasteiger partial charge in [-0.15, -0.1) is 0 Å². The van der Waals surface area contributed by atoms with E-state index < -0.39 is 17.6 Å². The zero-order valence-corrected chi connectivity index (χ0v) is 12.5. The first-order valence-corrected chi connectivity index (χ1v) is 6.90. The van der Waals surface area contributed by atoms with E-state index in [1.54, 1.807) is 30.3 Å². The highest BCUT2D eigenvalue weighted by Gasteiger charge is 2.27. The number of benzene rings is 2. The number of amides is 1. The molecule has 2 rings (SSSR count). The summed E-state index contributed by atoms with van der Waals surface area (Å²) in [5.41, 5.74) is 2.88. The molecule has 2 aromatic rings. The van der Waals surface area contributed by atoms with Gasteiger partial charge in [-0.05, 0) is 30.5 Å². The van der Waals surface area contributed by atoms with Crippen LogP contribution in [0.25, 0.3) is 0 Å². The van der Waals surface area contributed by atoms with Gasteiger partial charge in [-0.3, -0.25) is 9.59 Å². The molecule has 0 aliphatic rings. The van der Waals surface area contributed by atoms with E-state index in [4.69, 9.17) is 0 Å². The predicted molar refractivity (Wildman–Crippen MR) is 84.3 cm³/mol. The van der Waals surface area contributed by atoms with Crippen LogP contribution in [0.4, 0.5) is 5.69 Å². The highest BCUT2D eigenvalue weighted by Crippen LogP contribution is 2.21. The molecule has 0 aromatic heterocycles. The minimum absolute atomic E-state index is 0.520. The number of aryl methyl sites for hydroxylation is 2. The Morgan fingerprint density at radius 1 is 1.00 bits per heavy atom. The van der Waals surface area contributed by atoms with Crippen molar-refractivity contribution in [3.8, 4) is 6.07 Å². The largest absolute Gasteiger partial charge is 0.319 e. The average molecular weight is 292 g/mol. The SMILES string of the molecule is Cc1cccc(C)c1NC(=O)C(=O)[C@@H](C#N)c1ccccc1. The van der Waals surface area contributed by atoms with Crippen LogP contribution in [0.5, 0.6) is 0 Å². The van der Waals surface area contributed by atoms with E-state index >= 15 is 0 Å². The number of carbonyl (C=O) groups is 2. The van der Waals surface area contributed by atoms with Crippen molar-refractivity contribution < 1.29 is 9.59 Å². The molecule has 0 radical (unpaired) electrons. The van der Waals surface area contributed by atoms with Crippen LogP contribution >= 0.6 is 0 Å². The number of hydrogen-bond donors (Lipinski definition) is 1. The molecule has 0 aliphatic carbocycles. The molecule has 22 heavy (non-hydrogen) atoms. The van der Waals surface area contributed by atoms with Gasteiger partial charge < -0.3 is 5.32 Å². The molecule has 0 saturated heterocycles. The Bertz CT molecular complexity index is 725. The lowest BCUT2D eigenvalue weighted by Gasteiger charge is -2.12. The van der Waals surface area contributed by atoms with Gasteiger partial charge in [0.05, 0.1) is 6.07 Å². The van der Waals surface area contributed by atoms with Crippen molar-refractivity contribution in [1.82, 2.24) is 0 Å². The van der Waals surface area contributed by atoms with Crippen molar-refractivity contribution >= 4 is 17.4 Å². The zero-order valence-electron chi connectivity index (χ0n) is 12.5. The van der Waals surface area contributed by atoms with Gasteiger partial charge in [-0.25, -0.2) is 0 Å². The number of nitrogens with zero attached hydrogens (tertiary/aromatic N) is 1. The van der Waals surface area contributed by atoms with Crippen molar-refractivity contribution in [2.75, 3.05) is 5.32 Å². The Labute approximate surface area is 129 Å². The number of rotatable bonds is 4. The summed E-state index contributed by atoms with van der Waals surface area (Å²) < 4.78 is 0. The maximum Gasteiger partial charge on any atom is 0.293 e. The van der Waals surface area contributed by atoms with Crippen LogP contribution in [0.1, 0.15) is 22.6 Å². The molecule has 4 heteroatoms. The Morgan fingerprint density at radius 3 is 2.14 bits per heavy atom. The summed E-state index contributed by atoms with van der Waals surface area (Å²) in [6, 6.07) is 16.1. The fraction of sp³-hybridized carbons (Fsp3) is 0.167. The molecule has 0 fully saturated rings. The number of anilines is 1. The molecule has 0 unspecified atom stereocenters. The molecular weight excluding hydrogens is 276 g/mol. The molecule has 0 heterocycles. The van der Waals surface area contributed by atoms with Gasteiger partial charge in [0.2, 0.25) is 5.78 Å². The van der Waals surface area contributed by atoms with E-state index in [0.29, 0.717) is 11.3 Å². The maximum absolute atomic E-state index is 12.3. The lowest BCUT2D eigenvalue weighted by molar-refractivity contribution is -0.135. The van der Waals surface area contributed by atoms with Crippen LogP contribution < -0.4 is 5.32 Å². The van der Waals surface area contributed by atoms with Crippen molar-refractivity contribution in [2.45, 2.75) is 19.8 Å². The van der Waals surface area contributed by atoms with E-state index in [2.05, 4.69) is 5.32 Å². The second-order valence-electron chi connectivity index (χ2n) is 5.06. The van der Waals surface area contributed by atoms with Gasteiger partial charge in [0.25, 0.3) is 5.91 Å². The molecule has 1 N–H and O–H groups in total. The fourth-order valence-electron chi connectivity index (χ4n) is 2.25. The van der Waals surface area contributed by atoms with E-state index in [1.807, 2.05) is 38.1 Å². The number of nitrogens with one attached hydrogen (secondary N) is 1. The normalized spacial score (nSPS) is 11.3. The number of carbonyl (C=O) groups excluding carboxylic acids is 2. The third-order valence-corrected chi connectivity index (χ3v) is 3.47. The quantitative estimate of drug-likeness (QED) is 0.880. The summed E-state index contributed by atoms with van der Waals surface area (Å²) in [5.74, 6) is -2.62. The number of para-hydroxylation sites is 1. The lowest BCUT2D eigenvalue weighted by atomic mass is 9.95. The summed E-state index contributed by atoms with van der Waals surface area (Å²) in [7, 11) is 0. The second kappa shape index (κ2) is 6.68. The highest BCUT2D eigenvalue weighted by atomic mass is 16.2. The minimum atomic E-state index is -1.09. The fourth-order valence-corrected chi connectivity index (χ4v) is 2.25. The van der Waals surface area contributed by atoms with Crippen molar-refractivity contribution in [3.63, 3.8) is 0 Å². The molecular formula is C18H16N2O2. The Hall–Kier alpha value is -2.93. The average Bonchev–Trinajstić information content (AvgIpc) is 2.52. The molecule has 0 bridgehead atoms. The summed E-state index contributed by atoms with van der Waals surface area (Å²) in [6.07, 6.45) is 0. The third kappa shape index (κ3) is 3.21. The van der Waals surface area contributed by atoms with Gasteiger partial charge in [-0.2, -0.15) is 5.26 Å². The molecule has 2 aromatic carbocycles. The molecule has 4 nitrogen and oxygen atoms in total. The number of ketones is 1. The van der Waals surface area contributed by atoms with E-state index in [-0.39, 0.29) is 0 Å². The predicted octanol–water partition coefficient (Wildman–Crippen LogP) is 3.12. The minimum Gasteiger partial charge on any atom is -0.319 e. The Kier molecular flexibility index (Phi) is 4.70. The van der Waals surface area contributed by atoms with Crippen molar-refractivity contribution in [2.24, 2.45) is 0 Å². The van der Waals surface area contributed by atoms with Crippen molar-refractivity contribution in [3.05, 3.63) is 65.2 Å². The maximum atomic E-state index is 12.3. The van der Waals surface area contributed by atoms with Crippen LogP contribution in [0, 0.1) is 25.2 Å². The van der Waals surface area contributed by atoms with Gasteiger partial charge in [0.1, 0.15) is 5.92 Å². The first-order chi connectivity index (χ1) is 10.5. The Balaban J connectivity index is 2.22. The van der Waals surface area contributed by atoms with Crippen LogP contribution in [-0.2, 0) is 9.59 Å². The third-order valence-electron chi connectivity index (χ3n) is 3.47. The monoisotopic (exact) mass is 292 g/mol.